The lowest BCUT2D eigenvalue weighted by Crippen LogP contribution is -2.34. The third kappa shape index (κ3) is 4.04. The molecular weight excluding hydrogens is 274 g/mol. The molecule has 1 nitrogen and oxygen atoms in total. The van der Waals surface area contributed by atoms with Gasteiger partial charge < -0.3 is 5.32 Å². The summed E-state index contributed by atoms with van der Waals surface area (Å²) >= 11 is 2.02. The van der Waals surface area contributed by atoms with E-state index in [2.05, 4.69) is 43.4 Å². The number of benzene rings is 1. The van der Waals surface area contributed by atoms with Crippen LogP contribution in [0.3, 0.4) is 0 Å². The van der Waals surface area contributed by atoms with E-state index in [-0.39, 0.29) is 0 Å². The van der Waals surface area contributed by atoms with Crippen LogP contribution in [0.2, 0.25) is 0 Å². The zero-order chi connectivity index (χ0) is 14.7. The van der Waals surface area contributed by atoms with Crippen LogP contribution in [0.25, 0.3) is 0 Å². The zero-order valence-electron chi connectivity index (χ0n) is 13.5. The first-order valence-electron chi connectivity index (χ1n) is 8.67. The minimum absolute atomic E-state index is 0.685. The SMILES string of the molecule is CCNC(CSc1cccc(C)c1)CC1CC2CCC1C2. The summed E-state index contributed by atoms with van der Waals surface area (Å²) in [4.78, 5) is 1.42. The largest absolute Gasteiger partial charge is 0.313 e. The molecule has 2 aliphatic rings. The number of hydrogen-bond donors (Lipinski definition) is 1. The van der Waals surface area contributed by atoms with Gasteiger partial charge in [0.25, 0.3) is 0 Å². The number of nitrogens with one attached hydrogen (secondary N) is 1. The molecule has 2 saturated carbocycles. The maximum atomic E-state index is 3.73. The normalized spacial score (nSPS) is 29.0. The topological polar surface area (TPSA) is 12.0 Å². The smallest absolute Gasteiger partial charge is 0.0164 e. The van der Waals surface area contributed by atoms with Crippen molar-refractivity contribution in [3.63, 3.8) is 0 Å². The molecule has 0 saturated heterocycles. The Morgan fingerprint density at radius 3 is 2.86 bits per heavy atom. The van der Waals surface area contributed by atoms with Crippen molar-refractivity contribution >= 4 is 11.8 Å². The lowest BCUT2D eigenvalue weighted by atomic mass is 9.84. The molecule has 116 valence electrons. The Morgan fingerprint density at radius 2 is 2.19 bits per heavy atom. The molecule has 2 heteroatoms. The van der Waals surface area contributed by atoms with Gasteiger partial charge in [0.15, 0.2) is 0 Å². The second kappa shape index (κ2) is 7.19. The van der Waals surface area contributed by atoms with Gasteiger partial charge in [-0.2, -0.15) is 0 Å². The zero-order valence-corrected chi connectivity index (χ0v) is 14.3. The van der Waals surface area contributed by atoms with Gasteiger partial charge in [0, 0.05) is 16.7 Å². The Labute approximate surface area is 134 Å². The third-order valence-corrected chi connectivity index (χ3v) is 6.56. The predicted molar refractivity (Wildman–Crippen MR) is 92.9 cm³/mol. The highest BCUT2D eigenvalue weighted by molar-refractivity contribution is 7.99. The fourth-order valence-corrected chi connectivity index (χ4v) is 5.52. The van der Waals surface area contributed by atoms with E-state index in [0.717, 1.165) is 24.3 Å². The Morgan fingerprint density at radius 1 is 1.29 bits per heavy atom. The lowest BCUT2D eigenvalue weighted by Gasteiger charge is -2.27. The van der Waals surface area contributed by atoms with Gasteiger partial charge in [-0.3, -0.25) is 0 Å². The van der Waals surface area contributed by atoms with E-state index in [4.69, 9.17) is 0 Å². The molecule has 0 amide bonds. The van der Waals surface area contributed by atoms with Crippen LogP contribution in [0, 0.1) is 24.7 Å². The van der Waals surface area contributed by atoms with E-state index in [1.165, 1.54) is 48.3 Å². The van der Waals surface area contributed by atoms with Crippen molar-refractivity contribution in [2.75, 3.05) is 12.3 Å². The van der Waals surface area contributed by atoms with Gasteiger partial charge in [-0.15, -0.1) is 11.8 Å². The molecule has 2 bridgehead atoms. The molecule has 1 aromatic rings. The molecular formula is C19H29NS. The number of fused-ring (bicyclic) bond motifs is 2. The summed E-state index contributed by atoms with van der Waals surface area (Å²) in [5.41, 5.74) is 1.37. The monoisotopic (exact) mass is 303 g/mol. The molecule has 0 radical (unpaired) electrons. The van der Waals surface area contributed by atoms with Crippen molar-refractivity contribution in [1.29, 1.82) is 0 Å². The average molecular weight is 304 g/mol. The van der Waals surface area contributed by atoms with Crippen LogP contribution in [-0.2, 0) is 0 Å². The molecule has 21 heavy (non-hydrogen) atoms. The van der Waals surface area contributed by atoms with Crippen molar-refractivity contribution < 1.29 is 0 Å². The van der Waals surface area contributed by atoms with Crippen molar-refractivity contribution in [3.8, 4) is 0 Å². The van der Waals surface area contributed by atoms with Gasteiger partial charge in [-0.25, -0.2) is 0 Å². The summed E-state index contributed by atoms with van der Waals surface area (Å²) < 4.78 is 0. The van der Waals surface area contributed by atoms with Crippen LogP contribution < -0.4 is 5.32 Å². The number of hydrogen-bond acceptors (Lipinski definition) is 2. The summed E-state index contributed by atoms with van der Waals surface area (Å²) in [6, 6.07) is 9.60. The van der Waals surface area contributed by atoms with E-state index in [9.17, 15) is 0 Å². The third-order valence-electron chi connectivity index (χ3n) is 5.41. The minimum Gasteiger partial charge on any atom is -0.313 e. The van der Waals surface area contributed by atoms with E-state index in [1.54, 1.807) is 0 Å². The second-order valence-corrected chi connectivity index (χ2v) is 8.15. The van der Waals surface area contributed by atoms with Crippen LogP contribution in [0.15, 0.2) is 29.2 Å². The Balaban J connectivity index is 1.52. The standard InChI is InChI=1S/C19H29NS/c1-3-20-18(12-17-11-15-7-8-16(17)10-15)13-21-19-6-4-5-14(2)9-19/h4-6,9,15-18,20H,3,7-8,10-13H2,1-2H3. The highest BCUT2D eigenvalue weighted by Crippen LogP contribution is 2.50. The summed E-state index contributed by atoms with van der Waals surface area (Å²) in [6.45, 7) is 5.52. The molecule has 0 aliphatic heterocycles. The van der Waals surface area contributed by atoms with Crippen LogP contribution in [-0.4, -0.2) is 18.3 Å². The lowest BCUT2D eigenvalue weighted by molar-refractivity contribution is 0.287. The van der Waals surface area contributed by atoms with Gasteiger partial charge in [-0.1, -0.05) is 31.0 Å². The Hall–Kier alpha value is -0.470. The van der Waals surface area contributed by atoms with Crippen molar-refractivity contribution in [3.05, 3.63) is 29.8 Å². The molecule has 2 fully saturated rings. The fraction of sp³-hybridized carbons (Fsp3) is 0.684. The molecule has 1 aromatic carbocycles. The predicted octanol–water partition coefficient (Wildman–Crippen LogP) is 4.89. The van der Waals surface area contributed by atoms with Crippen molar-refractivity contribution in [1.82, 2.24) is 5.32 Å². The molecule has 3 rings (SSSR count). The second-order valence-electron chi connectivity index (χ2n) is 7.05. The number of aryl methyl sites for hydroxylation is 1. The fourth-order valence-electron chi connectivity index (χ4n) is 4.43. The van der Waals surface area contributed by atoms with Gasteiger partial charge in [0.1, 0.15) is 0 Å². The maximum Gasteiger partial charge on any atom is 0.0164 e. The highest BCUT2D eigenvalue weighted by atomic mass is 32.2. The molecule has 1 N–H and O–H groups in total. The van der Waals surface area contributed by atoms with E-state index >= 15 is 0 Å². The number of thioether (sulfide) groups is 1. The highest BCUT2D eigenvalue weighted by Gasteiger charge is 2.39. The Kier molecular flexibility index (Phi) is 5.29. The molecule has 0 heterocycles. The van der Waals surface area contributed by atoms with E-state index in [1.807, 2.05) is 11.8 Å². The first-order valence-corrected chi connectivity index (χ1v) is 9.66. The van der Waals surface area contributed by atoms with Gasteiger partial charge in [0.05, 0.1) is 0 Å². The van der Waals surface area contributed by atoms with Crippen molar-refractivity contribution in [2.45, 2.75) is 56.9 Å². The molecule has 2 aliphatic carbocycles. The summed E-state index contributed by atoms with van der Waals surface area (Å²) in [5.74, 6) is 4.35. The maximum absolute atomic E-state index is 3.73. The summed E-state index contributed by atoms with van der Waals surface area (Å²) in [7, 11) is 0. The summed E-state index contributed by atoms with van der Waals surface area (Å²) in [5, 5.41) is 3.73. The van der Waals surface area contributed by atoms with Gasteiger partial charge in [0.2, 0.25) is 0 Å². The molecule has 0 spiro atoms. The average Bonchev–Trinajstić information content (AvgIpc) is 3.08. The summed E-state index contributed by atoms with van der Waals surface area (Å²) in [6.07, 6.45) is 7.48. The van der Waals surface area contributed by atoms with Gasteiger partial charge in [-0.05, 0) is 69.0 Å². The van der Waals surface area contributed by atoms with E-state index in [0.29, 0.717) is 6.04 Å². The van der Waals surface area contributed by atoms with Crippen LogP contribution in [0.1, 0.15) is 44.6 Å². The first kappa shape index (κ1) is 15.4. The van der Waals surface area contributed by atoms with E-state index < -0.39 is 0 Å². The first-order chi connectivity index (χ1) is 10.2. The number of rotatable bonds is 7. The quantitative estimate of drug-likeness (QED) is 0.720. The molecule has 4 unspecified atom stereocenters. The van der Waals surface area contributed by atoms with Gasteiger partial charge >= 0.3 is 0 Å². The van der Waals surface area contributed by atoms with Crippen LogP contribution >= 0.6 is 11.8 Å². The van der Waals surface area contributed by atoms with Crippen LogP contribution in [0.5, 0.6) is 0 Å². The van der Waals surface area contributed by atoms with Crippen LogP contribution in [0.4, 0.5) is 0 Å². The molecule has 0 aromatic heterocycles. The van der Waals surface area contributed by atoms with Crippen molar-refractivity contribution in [2.24, 2.45) is 17.8 Å². The Bertz CT molecular complexity index is 459. The molecule has 4 atom stereocenters. The minimum atomic E-state index is 0.685.